The van der Waals surface area contributed by atoms with Gasteiger partial charge in [-0.05, 0) is 37.7 Å². The molecular formula is C13H19N3OS. The fourth-order valence-corrected chi connectivity index (χ4v) is 3.05. The van der Waals surface area contributed by atoms with Gasteiger partial charge < -0.3 is 10.6 Å². The molecule has 1 fully saturated rings. The lowest BCUT2D eigenvalue weighted by Crippen LogP contribution is -2.38. The summed E-state index contributed by atoms with van der Waals surface area (Å²) >= 11 is 1.90. The largest absolute Gasteiger partial charge is 0.385 e. The Hall–Kier alpha value is -1.23. The van der Waals surface area contributed by atoms with E-state index in [1.165, 1.54) is 12.2 Å². The molecule has 18 heavy (non-hydrogen) atoms. The standard InChI is InChI=1S/C13H19N3OS/c1-2-14-10-5-6-15-12(8-10)13(17)16-11-4-3-7-18-9-11/h5-6,8,11H,2-4,7,9H2,1H3,(H,14,15)(H,16,17). The van der Waals surface area contributed by atoms with E-state index in [2.05, 4.69) is 15.6 Å². The molecule has 1 saturated heterocycles. The van der Waals surface area contributed by atoms with Gasteiger partial charge in [-0.1, -0.05) is 0 Å². The third-order valence-electron chi connectivity index (χ3n) is 2.87. The SMILES string of the molecule is CCNc1ccnc(C(=O)NC2CCCSC2)c1. The van der Waals surface area contributed by atoms with Gasteiger partial charge in [0.05, 0.1) is 0 Å². The number of thioether (sulfide) groups is 1. The van der Waals surface area contributed by atoms with Crippen molar-refractivity contribution in [3.8, 4) is 0 Å². The summed E-state index contributed by atoms with van der Waals surface area (Å²) in [7, 11) is 0. The Morgan fingerprint density at radius 1 is 1.61 bits per heavy atom. The van der Waals surface area contributed by atoms with Crippen molar-refractivity contribution >= 4 is 23.4 Å². The van der Waals surface area contributed by atoms with Crippen LogP contribution in [-0.4, -0.2) is 35.0 Å². The van der Waals surface area contributed by atoms with Gasteiger partial charge in [0, 0.05) is 30.2 Å². The lowest BCUT2D eigenvalue weighted by molar-refractivity contribution is 0.0933. The molecule has 1 atom stereocenters. The van der Waals surface area contributed by atoms with Gasteiger partial charge in [0.25, 0.3) is 5.91 Å². The summed E-state index contributed by atoms with van der Waals surface area (Å²) in [4.78, 5) is 16.2. The van der Waals surface area contributed by atoms with Crippen LogP contribution in [-0.2, 0) is 0 Å². The van der Waals surface area contributed by atoms with Crippen molar-refractivity contribution in [2.75, 3.05) is 23.4 Å². The maximum Gasteiger partial charge on any atom is 0.270 e. The molecule has 2 N–H and O–H groups in total. The van der Waals surface area contributed by atoms with Gasteiger partial charge in [0.2, 0.25) is 0 Å². The maximum atomic E-state index is 12.1. The highest BCUT2D eigenvalue weighted by Crippen LogP contribution is 2.17. The lowest BCUT2D eigenvalue weighted by Gasteiger charge is -2.22. The second-order valence-electron chi connectivity index (χ2n) is 4.35. The van der Waals surface area contributed by atoms with E-state index < -0.39 is 0 Å². The van der Waals surface area contributed by atoms with E-state index in [1.54, 1.807) is 12.3 Å². The lowest BCUT2D eigenvalue weighted by atomic mass is 10.2. The number of aromatic nitrogens is 1. The zero-order valence-corrected chi connectivity index (χ0v) is 11.4. The Morgan fingerprint density at radius 3 is 3.22 bits per heavy atom. The minimum Gasteiger partial charge on any atom is -0.385 e. The molecule has 98 valence electrons. The number of nitrogens with zero attached hydrogens (tertiary/aromatic N) is 1. The Labute approximate surface area is 112 Å². The van der Waals surface area contributed by atoms with Gasteiger partial charge in [0.15, 0.2) is 0 Å². The smallest absolute Gasteiger partial charge is 0.270 e. The second kappa shape index (κ2) is 6.64. The van der Waals surface area contributed by atoms with Crippen LogP contribution in [0.5, 0.6) is 0 Å². The highest BCUT2D eigenvalue weighted by atomic mass is 32.2. The number of pyridine rings is 1. The van der Waals surface area contributed by atoms with Crippen LogP contribution in [0, 0.1) is 0 Å². The Balaban J connectivity index is 1.96. The van der Waals surface area contributed by atoms with Gasteiger partial charge in [0.1, 0.15) is 5.69 Å². The van der Waals surface area contributed by atoms with E-state index in [1.807, 2.05) is 24.8 Å². The molecule has 2 heterocycles. The number of hydrogen-bond donors (Lipinski definition) is 2. The molecule has 0 aliphatic carbocycles. The first-order valence-corrected chi connectivity index (χ1v) is 7.53. The van der Waals surface area contributed by atoms with Crippen LogP contribution in [0.3, 0.4) is 0 Å². The fraction of sp³-hybridized carbons (Fsp3) is 0.538. The normalized spacial score (nSPS) is 19.3. The molecule has 0 spiro atoms. The van der Waals surface area contributed by atoms with Gasteiger partial charge in [-0.2, -0.15) is 11.8 Å². The summed E-state index contributed by atoms with van der Waals surface area (Å²) in [5.74, 6) is 2.15. The molecule has 4 nitrogen and oxygen atoms in total. The van der Waals surface area contributed by atoms with Gasteiger partial charge in [-0.25, -0.2) is 0 Å². The van der Waals surface area contributed by atoms with Crippen LogP contribution in [0.4, 0.5) is 5.69 Å². The number of amides is 1. The molecule has 1 unspecified atom stereocenters. The summed E-state index contributed by atoms with van der Waals surface area (Å²) in [6, 6.07) is 3.96. The summed E-state index contributed by atoms with van der Waals surface area (Å²) in [5, 5.41) is 6.24. The van der Waals surface area contributed by atoms with Crippen LogP contribution in [0.2, 0.25) is 0 Å². The van der Waals surface area contributed by atoms with Crippen LogP contribution in [0.15, 0.2) is 18.3 Å². The van der Waals surface area contributed by atoms with Crippen molar-refractivity contribution < 1.29 is 4.79 Å². The summed E-state index contributed by atoms with van der Waals surface area (Å²) < 4.78 is 0. The third-order valence-corrected chi connectivity index (χ3v) is 4.08. The molecule has 1 amide bonds. The molecule has 0 aromatic carbocycles. The first-order chi connectivity index (χ1) is 8.79. The highest BCUT2D eigenvalue weighted by molar-refractivity contribution is 7.99. The van der Waals surface area contributed by atoms with Crippen LogP contribution >= 0.6 is 11.8 Å². The number of carbonyl (C=O) groups is 1. The van der Waals surface area contributed by atoms with E-state index in [0.717, 1.165) is 24.4 Å². The molecule has 5 heteroatoms. The third kappa shape index (κ3) is 3.63. The van der Waals surface area contributed by atoms with Crippen molar-refractivity contribution in [3.63, 3.8) is 0 Å². The van der Waals surface area contributed by atoms with Gasteiger partial charge >= 0.3 is 0 Å². The fourth-order valence-electron chi connectivity index (χ4n) is 1.98. The molecular weight excluding hydrogens is 246 g/mol. The average Bonchev–Trinajstić information content (AvgIpc) is 2.40. The van der Waals surface area contributed by atoms with Gasteiger partial charge in [-0.15, -0.1) is 0 Å². The monoisotopic (exact) mass is 265 g/mol. The molecule has 1 aromatic rings. The first kappa shape index (κ1) is 13.2. The van der Waals surface area contributed by atoms with Crippen molar-refractivity contribution in [1.82, 2.24) is 10.3 Å². The number of hydrogen-bond acceptors (Lipinski definition) is 4. The molecule has 0 saturated carbocycles. The number of nitrogens with one attached hydrogen (secondary N) is 2. The van der Waals surface area contributed by atoms with Crippen LogP contribution < -0.4 is 10.6 Å². The first-order valence-electron chi connectivity index (χ1n) is 6.38. The second-order valence-corrected chi connectivity index (χ2v) is 5.50. The van der Waals surface area contributed by atoms with E-state index in [0.29, 0.717) is 11.7 Å². The maximum absolute atomic E-state index is 12.1. The Kier molecular flexibility index (Phi) is 4.87. The average molecular weight is 265 g/mol. The minimum atomic E-state index is -0.0674. The highest BCUT2D eigenvalue weighted by Gasteiger charge is 2.17. The molecule has 0 bridgehead atoms. The zero-order chi connectivity index (χ0) is 12.8. The van der Waals surface area contributed by atoms with Crippen molar-refractivity contribution in [2.24, 2.45) is 0 Å². The zero-order valence-electron chi connectivity index (χ0n) is 10.6. The molecule has 1 aliphatic rings. The number of rotatable bonds is 4. The Morgan fingerprint density at radius 2 is 2.50 bits per heavy atom. The predicted molar refractivity (Wildman–Crippen MR) is 76.2 cm³/mol. The van der Waals surface area contributed by atoms with Crippen molar-refractivity contribution in [3.05, 3.63) is 24.0 Å². The van der Waals surface area contributed by atoms with Crippen LogP contribution in [0.1, 0.15) is 30.3 Å². The van der Waals surface area contributed by atoms with E-state index in [-0.39, 0.29) is 5.91 Å². The van der Waals surface area contributed by atoms with Crippen molar-refractivity contribution in [2.45, 2.75) is 25.8 Å². The molecule has 2 rings (SSSR count). The van der Waals surface area contributed by atoms with E-state index >= 15 is 0 Å². The molecule has 1 aliphatic heterocycles. The molecule has 0 radical (unpaired) electrons. The Bertz CT molecular complexity index is 405. The van der Waals surface area contributed by atoms with Crippen molar-refractivity contribution in [1.29, 1.82) is 0 Å². The van der Waals surface area contributed by atoms with E-state index in [9.17, 15) is 4.79 Å². The topological polar surface area (TPSA) is 54.0 Å². The predicted octanol–water partition coefficient (Wildman–Crippen LogP) is 2.14. The summed E-state index contributed by atoms with van der Waals surface area (Å²) in [6.07, 6.45) is 3.93. The van der Waals surface area contributed by atoms with E-state index in [4.69, 9.17) is 0 Å². The summed E-state index contributed by atoms with van der Waals surface area (Å²) in [6.45, 7) is 2.86. The number of anilines is 1. The molecule has 1 aromatic heterocycles. The van der Waals surface area contributed by atoms with Crippen LogP contribution in [0.25, 0.3) is 0 Å². The minimum absolute atomic E-state index is 0.0674. The quantitative estimate of drug-likeness (QED) is 0.876. The van der Waals surface area contributed by atoms with Gasteiger partial charge in [-0.3, -0.25) is 9.78 Å². The summed E-state index contributed by atoms with van der Waals surface area (Å²) in [5.41, 5.74) is 1.43. The number of carbonyl (C=O) groups excluding carboxylic acids is 1.